The summed E-state index contributed by atoms with van der Waals surface area (Å²) in [6.45, 7) is 2.34. The molecule has 9 heteroatoms. The number of anilines is 1. The number of nitrogens with one attached hydrogen (secondary N) is 2. The van der Waals surface area contributed by atoms with Gasteiger partial charge in [0.15, 0.2) is 5.11 Å². The number of benzene rings is 1. The van der Waals surface area contributed by atoms with E-state index in [9.17, 15) is 9.59 Å². The van der Waals surface area contributed by atoms with Crippen LogP contribution in [0.15, 0.2) is 24.3 Å². The summed E-state index contributed by atoms with van der Waals surface area (Å²) in [5, 5.41) is 7.01. The van der Waals surface area contributed by atoms with Crippen molar-refractivity contribution in [2.24, 2.45) is 0 Å². The minimum absolute atomic E-state index is 0.177. The maximum atomic E-state index is 12.4. The number of methoxy groups -OCH3 is 2. The molecule has 1 aromatic heterocycles. The Bertz CT molecular complexity index is 892. The van der Waals surface area contributed by atoms with Gasteiger partial charge in [0.1, 0.15) is 10.8 Å². The van der Waals surface area contributed by atoms with E-state index in [1.165, 1.54) is 23.3 Å². The average molecular weight is 436 g/mol. The fraction of sp³-hybridized carbons (Fsp3) is 0.350. The zero-order valence-electron chi connectivity index (χ0n) is 17.1. The smallest absolute Gasteiger partial charge is 0.341 e. The lowest BCUT2D eigenvalue weighted by Crippen LogP contribution is -2.30. The van der Waals surface area contributed by atoms with Crippen molar-refractivity contribution in [3.8, 4) is 5.75 Å². The highest BCUT2D eigenvalue weighted by Gasteiger charge is 2.26. The van der Waals surface area contributed by atoms with E-state index in [-0.39, 0.29) is 5.91 Å². The van der Waals surface area contributed by atoms with Crippen molar-refractivity contribution in [3.63, 3.8) is 0 Å². The summed E-state index contributed by atoms with van der Waals surface area (Å²) >= 11 is 6.54. The minimum Gasteiger partial charge on any atom is -0.497 e. The average Bonchev–Trinajstić information content (AvgIpc) is 3.02. The number of esters is 1. The monoisotopic (exact) mass is 435 g/mol. The molecule has 156 valence electrons. The second kappa shape index (κ2) is 10.2. The summed E-state index contributed by atoms with van der Waals surface area (Å²) in [4.78, 5) is 26.6. The maximum absolute atomic E-state index is 12.4. The Kier molecular flexibility index (Phi) is 7.98. The Morgan fingerprint density at radius 1 is 1.17 bits per heavy atom. The molecule has 0 bridgehead atoms. The van der Waals surface area contributed by atoms with E-state index in [1.54, 1.807) is 28.1 Å². The van der Waals surface area contributed by atoms with E-state index in [0.717, 1.165) is 17.7 Å². The molecule has 1 heterocycles. The van der Waals surface area contributed by atoms with Gasteiger partial charge in [-0.3, -0.25) is 4.79 Å². The Labute approximate surface area is 180 Å². The summed E-state index contributed by atoms with van der Waals surface area (Å²) in [6, 6.07) is 7.81. The molecular formula is C20H25N3O4S2. The van der Waals surface area contributed by atoms with Crippen LogP contribution in [0.5, 0.6) is 5.75 Å². The van der Waals surface area contributed by atoms with Crippen LogP contribution in [-0.2, 0) is 11.2 Å². The highest BCUT2D eigenvalue weighted by Crippen LogP contribution is 2.34. The molecule has 2 rings (SSSR count). The number of carbonyl (C=O) groups excluding carboxylic acids is 2. The predicted molar refractivity (Wildman–Crippen MR) is 119 cm³/mol. The van der Waals surface area contributed by atoms with Gasteiger partial charge in [0.25, 0.3) is 5.91 Å². The number of thiocarbonyl (C=S) groups is 1. The van der Waals surface area contributed by atoms with Gasteiger partial charge in [-0.2, -0.15) is 0 Å². The quantitative estimate of drug-likeness (QED) is 0.511. The van der Waals surface area contributed by atoms with E-state index >= 15 is 0 Å². The second-order valence-electron chi connectivity index (χ2n) is 6.43. The summed E-state index contributed by atoms with van der Waals surface area (Å²) in [7, 11) is 6.27. The molecule has 0 unspecified atom stereocenters. The molecule has 0 aliphatic heterocycles. The molecule has 7 nitrogen and oxygen atoms in total. The van der Waals surface area contributed by atoms with Gasteiger partial charge in [0.05, 0.1) is 24.7 Å². The SMILES string of the molecule is COC(=O)c1c(NC(=S)NCCc2ccc(OC)cc2)sc(C(=O)N(C)C)c1C. The first-order valence-corrected chi connectivity index (χ1v) is 10.1. The minimum atomic E-state index is -0.514. The van der Waals surface area contributed by atoms with Crippen LogP contribution in [0, 0.1) is 6.92 Å². The zero-order valence-corrected chi connectivity index (χ0v) is 18.8. The molecule has 0 atom stereocenters. The Hall–Kier alpha value is -2.65. The molecule has 2 N–H and O–H groups in total. The normalized spacial score (nSPS) is 10.2. The molecule has 0 saturated carbocycles. The molecule has 29 heavy (non-hydrogen) atoms. The van der Waals surface area contributed by atoms with Crippen molar-refractivity contribution in [2.75, 3.05) is 40.2 Å². The summed E-state index contributed by atoms with van der Waals surface area (Å²) < 4.78 is 10.0. The first-order chi connectivity index (χ1) is 13.8. The van der Waals surface area contributed by atoms with Gasteiger partial charge in [0.2, 0.25) is 0 Å². The molecule has 1 aromatic carbocycles. The van der Waals surface area contributed by atoms with Crippen LogP contribution in [0.25, 0.3) is 0 Å². The molecule has 0 saturated heterocycles. The summed E-state index contributed by atoms with van der Waals surface area (Å²) in [6.07, 6.45) is 0.767. The van der Waals surface area contributed by atoms with Gasteiger partial charge in [-0.05, 0) is 48.8 Å². The van der Waals surface area contributed by atoms with Gasteiger partial charge >= 0.3 is 5.97 Å². The Balaban J connectivity index is 2.06. The zero-order chi connectivity index (χ0) is 21.6. The molecule has 0 aliphatic rings. The number of hydrogen-bond acceptors (Lipinski definition) is 6. The third kappa shape index (κ3) is 5.68. The largest absolute Gasteiger partial charge is 0.497 e. The van der Waals surface area contributed by atoms with E-state index in [0.29, 0.717) is 32.7 Å². The fourth-order valence-corrected chi connectivity index (χ4v) is 4.11. The maximum Gasteiger partial charge on any atom is 0.341 e. The van der Waals surface area contributed by atoms with Crippen LogP contribution >= 0.6 is 23.6 Å². The van der Waals surface area contributed by atoms with Crippen molar-refractivity contribution in [2.45, 2.75) is 13.3 Å². The number of rotatable bonds is 7. The highest BCUT2D eigenvalue weighted by atomic mass is 32.1. The first-order valence-electron chi connectivity index (χ1n) is 8.89. The van der Waals surface area contributed by atoms with E-state index in [1.807, 2.05) is 24.3 Å². The number of ether oxygens (including phenoxy) is 2. The van der Waals surface area contributed by atoms with E-state index in [4.69, 9.17) is 21.7 Å². The van der Waals surface area contributed by atoms with Crippen LogP contribution < -0.4 is 15.4 Å². The van der Waals surface area contributed by atoms with E-state index < -0.39 is 5.97 Å². The van der Waals surface area contributed by atoms with Crippen molar-refractivity contribution in [1.29, 1.82) is 0 Å². The molecule has 0 spiro atoms. The molecular weight excluding hydrogens is 410 g/mol. The van der Waals surface area contributed by atoms with Gasteiger partial charge in [-0.15, -0.1) is 11.3 Å². The van der Waals surface area contributed by atoms with Crippen LogP contribution in [0.1, 0.15) is 31.2 Å². The van der Waals surface area contributed by atoms with Crippen LogP contribution in [-0.4, -0.2) is 56.7 Å². The second-order valence-corrected chi connectivity index (χ2v) is 7.86. The molecule has 2 aromatic rings. The van der Waals surface area contributed by atoms with Crippen molar-refractivity contribution < 1.29 is 19.1 Å². The Morgan fingerprint density at radius 3 is 2.38 bits per heavy atom. The first kappa shape index (κ1) is 22.6. The molecule has 0 radical (unpaired) electrons. The highest BCUT2D eigenvalue weighted by molar-refractivity contribution is 7.80. The lowest BCUT2D eigenvalue weighted by Gasteiger charge is -2.11. The number of nitrogens with zero attached hydrogens (tertiary/aromatic N) is 1. The molecule has 0 aliphatic carbocycles. The van der Waals surface area contributed by atoms with Gasteiger partial charge < -0.3 is 25.0 Å². The van der Waals surface area contributed by atoms with Crippen LogP contribution in [0.3, 0.4) is 0 Å². The summed E-state index contributed by atoms with van der Waals surface area (Å²) in [5.74, 6) is 0.120. The van der Waals surface area contributed by atoms with E-state index in [2.05, 4.69) is 10.6 Å². The van der Waals surface area contributed by atoms with Crippen molar-refractivity contribution in [3.05, 3.63) is 45.8 Å². The van der Waals surface area contributed by atoms with Gasteiger partial charge in [-0.25, -0.2) is 4.79 Å². The van der Waals surface area contributed by atoms with Crippen molar-refractivity contribution in [1.82, 2.24) is 10.2 Å². The topological polar surface area (TPSA) is 79.9 Å². The third-order valence-electron chi connectivity index (χ3n) is 4.22. The third-order valence-corrected chi connectivity index (χ3v) is 5.66. The predicted octanol–water partition coefficient (Wildman–Crippen LogP) is 3.08. The van der Waals surface area contributed by atoms with Crippen LogP contribution in [0.4, 0.5) is 5.00 Å². The summed E-state index contributed by atoms with van der Waals surface area (Å²) in [5.41, 5.74) is 2.04. The Morgan fingerprint density at radius 2 is 1.83 bits per heavy atom. The van der Waals surface area contributed by atoms with Crippen LogP contribution in [0.2, 0.25) is 0 Å². The number of hydrogen-bond donors (Lipinski definition) is 2. The van der Waals surface area contributed by atoms with Gasteiger partial charge in [0, 0.05) is 20.6 Å². The lowest BCUT2D eigenvalue weighted by molar-refractivity contribution is 0.0601. The molecule has 0 fully saturated rings. The van der Waals surface area contributed by atoms with Crippen molar-refractivity contribution >= 4 is 45.5 Å². The standard InChI is InChI=1S/C20H25N3O4S2/c1-12-15(19(25)27-5)17(29-16(12)18(24)23(2)3)22-20(28)21-11-10-13-6-8-14(26-4)9-7-13/h6-9H,10-11H2,1-5H3,(H2,21,22,28). The van der Waals surface area contributed by atoms with Gasteiger partial charge in [-0.1, -0.05) is 12.1 Å². The fourth-order valence-electron chi connectivity index (χ4n) is 2.62. The lowest BCUT2D eigenvalue weighted by atomic mass is 10.1. The molecule has 1 amide bonds. The number of carbonyl (C=O) groups is 2. The number of thiophene rings is 1. The number of amides is 1.